The molecule has 4 heteroatoms. The Kier molecular flexibility index (Phi) is 8.47. The molecule has 1 N–H and O–H groups in total. The number of aliphatic hydroxyl groups excluding tert-OH is 1. The Bertz CT molecular complexity index is 367. The van der Waals surface area contributed by atoms with E-state index in [0.29, 0.717) is 26.1 Å². The minimum Gasteiger partial charge on any atom is -0.449 e. The van der Waals surface area contributed by atoms with Gasteiger partial charge >= 0.3 is 6.09 Å². The number of amides is 1. The highest BCUT2D eigenvalue weighted by Crippen LogP contribution is 2.04. The number of ether oxygens (including phenoxy) is 1. The lowest BCUT2D eigenvalue weighted by Crippen LogP contribution is -2.35. The summed E-state index contributed by atoms with van der Waals surface area (Å²) >= 11 is 0. The van der Waals surface area contributed by atoms with E-state index in [-0.39, 0.29) is 12.7 Å². The van der Waals surface area contributed by atoms with Gasteiger partial charge in [-0.05, 0) is 24.8 Å². The zero-order valence-electron chi connectivity index (χ0n) is 12.3. The number of hydrogen-bond acceptors (Lipinski definition) is 3. The van der Waals surface area contributed by atoms with Crippen molar-refractivity contribution >= 4 is 6.09 Å². The third-order valence-electron chi connectivity index (χ3n) is 3.08. The van der Waals surface area contributed by atoms with Crippen LogP contribution in [0.1, 0.15) is 31.7 Å². The fraction of sp³-hybridized carbons (Fsp3) is 0.562. The maximum atomic E-state index is 12.0. The van der Waals surface area contributed by atoms with Crippen molar-refractivity contribution in [3.63, 3.8) is 0 Å². The molecule has 0 unspecified atom stereocenters. The van der Waals surface area contributed by atoms with Crippen molar-refractivity contribution in [2.24, 2.45) is 0 Å². The quantitative estimate of drug-likeness (QED) is 0.707. The number of aliphatic hydroxyl groups is 1. The van der Waals surface area contributed by atoms with E-state index in [4.69, 9.17) is 9.84 Å². The molecule has 0 aromatic heterocycles. The molecule has 0 saturated carbocycles. The fourth-order valence-corrected chi connectivity index (χ4v) is 1.86. The van der Waals surface area contributed by atoms with E-state index in [1.165, 1.54) is 5.56 Å². The van der Waals surface area contributed by atoms with Gasteiger partial charge in [-0.2, -0.15) is 0 Å². The predicted molar refractivity (Wildman–Crippen MR) is 79.7 cm³/mol. The van der Waals surface area contributed by atoms with Gasteiger partial charge < -0.3 is 14.7 Å². The van der Waals surface area contributed by atoms with E-state index >= 15 is 0 Å². The third kappa shape index (κ3) is 6.57. The molecule has 1 aromatic carbocycles. The van der Waals surface area contributed by atoms with Crippen molar-refractivity contribution in [1.29, 1.82) is 0 Å². The van der Waals surface area contributed by atoms with Crippen LogP contribution >= 0.6 is 0 Å². The molecule has 1 aromatic rings. The molecule has 1 amide bonds. The molecule has 0 atom stereocenters. The van der Waals surface area contributed by atoms with E-state index in [1.807, 2.05) is 30.3 Å². The van der Waals surface area contributed by atoms with Crippen molar-refractivity contribution in [3.8, 4) is 0 Å². The largest absolute Gasteiger partial charge is 0.449 e. The van der Waals surface area contributed by atoms with Crippen LogP contribution < -0.4 is 0 Å². The Morgan fingerprint density at radius 3 is 2.60 bits per heavy atom. The minimum atomic E-state index is -0.275. The van der Waals surface area contributed by atoms with E-state index in [2.05, 4.69) is 6.92 Å². The number of unbranched alkanes of at least 4 members (excludes halogenated alkanes) is 1. The summed E-state index contributed by atoms with van der Waals surface area (Å²) in [6, 6.07) is 10.1. The van der Waals surface area contributed by atoms with Gasteiger partial charge in [-0.1, -0.05) is 43.7 Å². The van der Waals surface area contributed by atoms with E-state index in [0.717, 1.165) is 19.3 Å². The average molecular weight is 279 g/mol. The van der Waals surface area contributed by atoms with Crippen molar-refractivity contribution in [2.45, 2.75) is 32.6 Å². The van der Waals surface area contributed by atoms with Gasteiger partial charge in [0.2, 0.25) is 0 Å². The second-order valence-electron chi connectivity index (χ2n) is 4.77. The maximum absolute atomic E-state index is 12.0. The predicted octanol–water partition coefficient (Wildman–Crippen LogP) is 2.85. The molecule has 20 heavy (non-hydrogen) atoms. The van der Waals surface area contributed by atoms with Crippen LogP contribution in [0, 0.1) is 0 Å². The number of benzene rings is 1. The van der Waals surface area contributed by atoms with Gasteiger partial charge in [-0.15, -0.1) is 0 Å². The van der Waals surface area contributed by atoms with Crippen molar-refractivity contribution in [2.75, 3.05) is 26.3 Å². The molecule has 0 saturated heterocycles. The van der Waals surface area contributed by atoms with Gasteiger partial charge in [0.25, 0.3) is 0 Å². The number of rotatable bonds is 9. The lowest BCUT2D eigenvalue weighted by atomic mass is 10.1. The molecule has 0 bridgehead atoms. The van der Waals surface area contributed by atoms with Crippen LogP contribution in [-0.4, -0.2) is 42.4 Å². The van der Waals surface area contributed by atoms with Crippen LogP contribution in [0.3, 0.4) is 0 Å². The topological polar surface area (TPSA) is 49.8 Å². The monoisotopic (exact) mass is 279 g/mol. The molecular weight excluding hydrogens is 254 g/mol. The summed E-state index contributed by atoms with van der Waals surface area (Å²) in [4.78, 5) is 13.6. The highest BCUT2D eigenvalue weighted by molar-refractivity contribution is 5.67. The summed E-state index contributed by atoms with van der Waals surface area (Å²) in [6.45, 7) is 3.77. The molecule has 0 aliphatic rings. The Labute approximate surface area is 121 Å². The van der Waals surface area contributed by atoms with Crippen LogP contribution in [0.15, 0.2) is 30.3 Å². The molecule has 0 heterocycles. The van der Waals surface area contributed by atoms with Gasteiger partial charge in [-0.3, -0.25) is 0 Å². The number of hydrogen-bond donors (Lipinski definition) is 1. The first-order valence-electron chi connectivity index (χ1n) is 7.34. The van der Waals surface area contributed by atoms with E-state index < -0.39 is 0 Å². The zero-order chi connectivity index (χ0) is 14.6. The SMILES string of the molecule is CCCCOC(=O)N(CCCO)CCc1ccccc1. The van der Waals surface area contributed by atoms with Crippen molar-refractivity contribution in [1.82, 2.24) is 4.90 Å². The van der Waals surface area contributed by atoms with Gasteiger partial charge in [0.05, 0.1) is 6.61 Å². The first-order chi connectivity index (χ1) is 9.77. The Hall–Kier alpha value is -1.55. The maximum Gasteiger partial charge on any atom is 0.409 e. The molecule has 0 spiro atoms. The van der Waals surface area contributed by atoms with E-state index in [9.17, 15) is 4.79 Å². The number of carbonyl (C=O) groups excluding carboxylic acids is 1. The molecule has 0 aliphatic carbocycles. The first kappa shape index (κ1) is 16.5. The molecule has 1 rings (SSSR count). The summed E-state index contributed by atoms with van der Waals surface area (Å²) in [7, 11) is 0. The third-order valence-corrected chi connectivity index (χ3v) is 3.08. The molecular formula is C16H25NO3. The molecule has 0 radical (unpaired) electrons. The molecule has 112 valence electrons. The summed E-state index contributed by atoms with van der Waals surface area (Å²) in [5.41, 5.74) is 1.20. The van der Waals surface area contributed by atoms with E-state index in [1.54, 1.807) is 4.90 Å². The van der Waals surface area contributed by atoms with Gasteiger partial charge in [0, 0.05) is 19.7 Å². The smallest absolute Gasteiger partial charge is 0.409 e. The Morgan fingerprint density at radius 2 is 1.95 bits per heavy atom. The zero-order valence-corrected chi connectivity index (χ0v) is 12.3. The van der Waals surface area contributed by atoms with Crippen LogP contribution in [0.5, 0.6) is 0 Å². The highest BCUT2D eigenvalue weighted by Gasteiger charge is 2.14. The Morgan fingerprint density at radius 1 is 1.20 bits per heavy atom. The fourth-order valence-electron chi connectivity index (χ4n) is 1.86. The first-order valence-corrected chi connectivity index (χ1v) is 7.34. The van der Waals surface area contributed by atoms with Crippen LogP contribution in [0.4, 0.5) is 4.79 Å². The van der Waals surface area contributed by atoms with Crippen LogP contribution in [0.2, 0.25) is 0 Å². The average Bonchev–Trinajstić information content (AvgIpc) is 2.48. The lowest BCUT2D eigenvalue weighted by molar-refractivity contribution is 0.0986. The molecule has 4 nitrogen and oxygen atoms in total. The van der Waals surface area contributed by atoms with Crippen molar-refractivity contribution in [3.05, 3.63) is 35.9 Å². The standard InChI is InChI=1S/C16H25NO3/c1-2-3-14-20-16(19)17(11-7-13-18)12-10-15-8-5-4-6-9-15/h4-6,8-9,18H,2-3,7,10-14H2,1H3. The summed E-state index contributed by atoms with van der Waals surface area (Å²) in [5.74, 6) is 0. The van der Waals surface area contributed by atoms with Gasteiger partial charge in [0.1, 0.15) is 0 Å². The van der Waals surface area contributed by atoms with Crippen LogP contribution in [-0.2, 0) is 11.2 Å². The van der Waals surface area contributed by atoms with Crippen LogP contribution in [0.25, 0.3) is 0 Å². The second-order valence-corrected chi connectivity index (χ2v) is 4.77. The number of nitrogens with zero attached hydrogens (tertiary/aromatic N) is 1. The molecule has 0 aliphatic heterocycles. The van der Waals surface area contributed by atoms with Crippen molar-refractivity contribution < 1.29 is 14.6 Å². The lowest BCUT2D eigenvalue weighted by Gasteiger charge is -2.21. The summed E-state index contributed by atoms with van der Waals surface area (Å²) in [6.07, 6.45) is 3.00. The van der Waals surface area contributed by atoms with Gasteiger partial charge in [0.15, 0.2) is 0 Å². The minimum absolute atomic E-state index is 0.0874. The van der Waals surface area contributed by atoms with Gasteiger partial charge in [-0.25, -0.2) is 4.79 Å². The Balaban J connectivity index is 2.44. The normalized spacial score (nSPS) is 10.3. The highest BCUT2D eigenvalue weighted by atomic mass is 16.6. The number of carbonyl (C=O) groups is 1. The molecule has 0 fully saturated rings. The second kappa shape index (κ2) is 10.3. The summed E-state index contributed by atoms with van der Waals surface area (Å²) in [5, 5.41) is 8.92. The summed E-state index contributed by atoms with van der Waals surface area (Å²) < 4.78 is 5.24.